The lowest BCUT2D eigenvalue weighted by atomic mass is 10.0. The number of hydrogen-bond acceptors (Lipinski definition) is 2. The molecule has 0 spiro atoms. The van der Waals surface area contributed by atoms with E-state index in [0.29, 0.717) is 11.7 Å². The van der Waals surface area contributed by atoms with E-state index in [1.54, 1.807) is 0 Å². The minimum absolute atomic E-state index is 0.646. The summed E-state index contributed by atoms with van der Waals surface area (Å²) in [5.74, 6) is 3.05. The fraction of sp³-hybridized carbons (Fsp3) is 0.471. The quantitative estimate of drug-likeness (QED) is 0.867. The van der Waals surface area contributed by atoms with Gasteiger partial charge in [-0.2, -0.15) is 5.10 Å². The van der Waals surface area contributed by atoms with Gasteiger partial charge in [0.15, 0.2) is 5.82 Å². The largest absolute Gasteiger partial charge is 0.382 e. The molecule has 1 aromatic carbocycles. The van der Waals surface area contributed by atoms with Gasteiger partial charge in [-0.1, -0.05) is 42.7 Å². The van der Waals surface area contributed by atoms with Crippen molar-refractivity contribution in [3.05, 3.63) is 35.5 Å². The summed E-state index contributed by atoms with van der Waals surface area (Å²) in [6, 6.07) is 8.61. The van der Waals surface area contributed by atoms with Gasteiger partial charge in [-0.3, -0.25) is 5.10 Å². The summed E-state index contributed by atoms with van der Waals surface area (Å²) >= 11 is 0. The minimum atomic E-state index is 0.646. The molecule has 2 unspecified atom stereocenters. The van der Waals surface area contributed by atoms with Gasteiger partial charge in [-0.05, 0) is 37.2 Å². The van der Waals surface area contributed by atoms with Crippen molar-refractivity contribution in [3.63, 3.8) is 0 Å². The smallest absolute Gasteiger partial charge is 0.153 e. The van der Waals surface area contributed by atoms with Crippen molar-refractivity contribution < 1.29 is 0 Å². The van der Waals surface area contributed by atoms with Crippen molar-refractivity contribution in [3.8, 4) is 11.1 Å². The van der Waals surface area contributed by atoms with Crippen molar-refractivity contribution in [2.24, 2.45) is 11.8 Å². The molecule has 0 radical (unpaired) electrons. The van der Waals surface area contributed by atoms with Crippen LogP contribution in [0.4, 0.5) is 5.82 Å². The molecule has 0 bridgehead atoms. The number of anilines is 1. The SMILES string of the molecule is Cc1ccc(-c2c(N)n[nH]c2C2C3CCCCC32)cc1. The number of nitrogens with one attached hydrogen (secondary N) is 1. The van der Waals surface area contributed by atoms with Crippen LogP contribution in [0.25, 0.3) is 11.1 Å². The topological polar surface area (TPSA) is 54.7 Å². The fourth-order valence-corrected chi connectivity index (χ4v) is 4.06. The highest BCUT2D eigenvalue weighted by atomic mass is 15.2. The lowest BCUT2D eigenvalue weighted by Crippen LogP contribution is -1.91. The first-order valence-electron chi connectivity index (χ1n) is 7.66. The molecule has 3 N–H and O–H groups in total. The second-order valence-electron chi connectivity index (χ2n) is 6.40. The lowest BCUT2D eigenvalue weighted by molar-refractivity contribution is 0.480. The van der Waals surface area contributed by atoms with Crippen LogP contribution < -0.4 is 5.73 Å². The van der Waals surface area contributed by atoms with Crippen LogP contribution in [-0.2, 0) is 0 Å². The van der Waals surface area contributed by atoms with E-state index in [1.807, 2.05) is 0 Å². The molecule has 2 fully saturated rings. The molecule has 1 heterocycles. The Morgan fingerprint density at radius 2 is 1.75 bits per heavy atom. The zero-order chi connectivity index (χ0) is 13.7. The molecule has 2 aliphatic carbocycles. The number of fused-ring (bicyclic) bond motifs is 1. The molecular weight excluding hydrogens is 246 g/mol. The molecule has 1 aromatic heterocycles. The number of H-pyrrole nitrogens is 1. The van der Waals surface area contributed by atoms with Gasteiger partial charge in [0, 0.05) is 17.2 Å². The van der Waals surface area contributed by atoms with Gasteiger partial charge >= 0.3 is 0 Å². The van der Waals surface area contributed by atoms with E-state index < -0.39 is 0 Å². The number of benzene rings is 1. The fourth-order valence-electron chi connectivity index (χ4n) is 4.06. The third-order valence-corrected chi connectivity index (χ3v) is 5.15. The van der Waals surface area contributed by atoms with E-state index in [2.05, 4.69) is 41.4 Å². The van der Waals surface area contributed by atoms with Gasteiger partial charge in [-0.25, -0.2) is 0 Å². The summed E-state index contributed by atoms with van der Waals surface area (Å²) in [5.41, 5.74) is 11.0. The average Bonchev–Trinajstić information content (AvgIpc) is 3.08. The molecule has 0 aliphatic heterocycles. The summed E-state index contributed by atoms with van der Waals surface area (Å²) in [6.45, 7) is 2.11. The maximum atomic E-state index is 6.12. The van der Waals surface area contributed by atoms with Crippen LogP contribution in [0.2, 0.25) is 0 Å². The first-order valence-corrected chi connectivity index (χ1v) is 7.66. The number of nitrogen functional groups attached to an aromatic ring is 1. The predicted octanol–water partition coefficient (Wildman–Crippen LogP) is 3.87. The van der Waals surface area contributed by atoms with E-state index >= 15 is 0 Å². The van der Waals surface area contributed by atoms with Crippen LogP contribution in [0.15, 0.2) is 24.3 Å². The third-order valence-electron chi connectivity index (χ3n) is 5.15. The van der Waals surface area contributed by atoms with Crippen LogP contribution >= 0.6 is 0 Å². The zero-order valence-corrected chi connectivity index (χ0v) is 11.9. The average molecular weight is 267 g/mol. The van der Waals surface area contributed by atoms with Crippen molar-refractivity contribution in [2.45, 2.75) is 38.5 Å². The Balaban J connectivity index is 1.73. The van der Waals surface area contributed by atoms with Crippen molar-refractivity contribution in [2.75, 3.05) is 5.73 Å². The lowest BCUT2D eigenvalue weighted by Gasteiger charge is -2.05. The first kappa shape index (κ1) is 12.0. The van der Waals surface area contributed by atoms with Gasteiger partial charge in [-0.15, -0.1) is 0 Å². The molecule has 2 aromatic rings. The number of aryl methyl sites for hydroxylation is 1. The zero-order valence-electron chi connectivity index (χ0n) is 11.9. The summed E-state index contributed by atoms with van der Waals surface area (Å²) < 4.78 is 0. The Hall–Kier alpha value is -1.77. The molecule has 2 atom stereocenters. The van der Waals surface area contributed by atoms with Crippen LogP contribution in [0, 0.1) is 18.8 Å². The molecule has 3 heteroatoms. The Bertz CT molecular complexity index is 614. The van der Waals surface area contributed by atoms with Crippen LogP contribution in [0.1, 0.15) is 42.9 Å². The predicted molar refractivity (Wildman–Crippen MR) is 81.4 cm³/mol. The number of aromatic amines is 1. The molecule has 20 heavy (non-hydrogen) atoms. The number of rotatable bonds is 2. The van der Waals surface area contributed by atoms with Gasteiger partial charge in [0.25, 0.3) is 0 Å². The number of hydrogen-bond donors (Lipinski definition) is 2. The Morgan fingerprint density at radius 1 is 1.10 bits per heavy atom. The number of nitrogens with two attached hydrogens (primary N) is 1. The Labute approximate surface area is 119 Å². The molecule has 0 saturated heterocycles. The second-order valence-corrected chi connectivity index (χ2v) is 6.40. The summed E-state index contributed by atoms with van der Waals surface area (Å²) in [5, 5.41) is 7.52. The number of aromatic nitrogens is 2. The Kier molecular flexibility index (Phi) is 2.62. The Morgan fingerprint density at radius 3 is 2.40 bits per heavy atom. The van der Waals surface area contributed by atoms with Gasteiger partial charge < -0.3 is 5.73 Å². The highest BCUT2D eigenvalue weighted by Gasteiger charge is 2.53. The monoisotopic (exact) mass is 267 g/mol. The highest BCUT2D eigenvalue weighted by Crippen LogP contribution is 2.62. The molecule has 3 nitrogen and oxygen atoms in total. The van der Waals surface area contributed by atoms with E-state index in [0.717, 1.165) is 17.4 Å². The number of nitrogens with zero attached hydrogens (tertiary/aromatic N) is 1. The molecular formula is C17H21N3. The second kappa shape index (κ2) is 4.37. The van der Waals surface area contributed by atoms with Gasteiger partial charge in [0.2, 0.25) is 0 Å². The van der Waals surface area contributed by atoms with Crippen LogP contribution in [-0.4, -0.2) is 10.2 Å². The third kappa shape index (κ3) is 1.76. The molecule has 0 amide bonds. The molecule has 104 valence electrons. The van der Waals surface area contributed by atoms with Crippen molar-refractivity contribution in [1.82, 2.24) is 10.2 Å². The van der Waals surface area contributed by atoms with Gasteiger partial charge in [0.05, 0.1) is 0 Å². The van der Waals surface area contributed by atoms with Crippen molar-refractivity contribution >= 4 is 5.82 Å². The standard InChI is InChI=1S/C17H21N3/c1-10-6-8-11(9-7-10)14-16(19-20-17(14)18)15-12-4-2-3-5-13(12)15/h6-9,12-13,15H,2-5H2,1H3,(H3,18,19,20). The van der Waals surface area contributed by atoms with E-state index in [4.69, 9.17) is 5.73 Å². The molecule has 2 aliphatic rings. The maximum Gasteiger partial charge on any atom is 0.153 e. The van der Waals surface area contributed by atoms with Crippen LogP contribution in [0.5, 0.6) is 0 Å². The molecule has 2 saturated carbocycles. The highest BCUT2D eigenvalue weighted by molar-refractivity contribution is 5.77. The summed E-state index contributed by atoms with van der Waals surface area (Å²) in [4.78, 5) is 0. The minimum Gasteiger partial charge on any atom is -0.382 e. The van der Waals surface area contributed by atoms with E-state index in [1.165, 1.54) is 42.5 Å². The summed E-state index contributed by atoms with van der Waals surface area (Å²) in [7, 11) is 0. The molecule has 4 rings (SSSR count). The van der Waals surface area contributed by atoms with E-state index in [9.17, 15) is 0 Å². The first-order chi connectivity index (χ1) is 9.75. The normalized spacial score (nSPS) is 28.1. The van der Waals surface area contributed by atoms with Crippen LogP contribution in [0.3, 0.4) is 0 Å². The maximum absolute atomic E-state index is 6.12. The van der Waals surface area contributed by atoms with E-state index in [-0.39, 0.29) is 0 Å². The van der Waals surface area contributed by atoms with Crippen molar-refractivity contribution in [1.29, 1.82) is 0 Å². The summed E-state index contributed by atoms with van der Waals surface area (Å²) in [6.07, 6.45) is 5.53. The van der Waals surface area contributed by atoms with Gasteiger partial charge in [0.1, 0.15) is 0 Å².